The molecule has 1 unspecified atom stereocenters. The van der Waals surface area contributed by atoms with Crippen LogP contribution in [0.15, 0.2) is 33.9 Å². The van der Waals surface area contributed by atoms with Crippen LogP contribution in [0.1, 0.15) is 6.23 Å². The number of para-hydroxylation sites is 2. The molecule has 1 aromatic carbocycles. The van der Waals surface area contributed by atoms with Crippen molar-refractivity contribution in [3.63, 3.8) is 0 Å². The summed E-state index contributed by atoms with van der Waals surface area (Å²) in [5.41, 5.74) is -0.440. The summed E-state index contributed by atoms with van der Waals surface area (Å²) in [5, 5.41) is 19.5. The molecular formula is C16H16N4O6. The highest BCUT2D eigenvalue weighted by molar-refractivity contribution is 5.83. The van der Waals surface area contributed by atoms with Gasteiger partial charge in [-0.25, -0.2) is 19.3 Å². The van der Waals surface area contributed by atoms with Gasteiger partial charge >= 0.3 is 5.69 Å². The Balaban J connectivity index is 1.94. The van der Waals surface area contributed by atoms with E-state index in [1.165, 1.54) is 7.11 Å². The summed E-state index contributed by atoms with van der Waals surface area (Å²) in [5.74, 6) is 0. The van der Waals surface area contributed by atoms with Crippen LogP contribution in [0, 0.1) is 0 Å². The molecule has 0 amide bonds. The second-order valence-corrected chi connectivity index (χ2v) is 5.95. The molecule has 10 nitrogen and oxygen atoms in total. The van der Waals surface area contributed by atoms with Gasteiger partial charge in [0.2, 0.25) is 0 Å². The van der Waals surface area contributed by atoms with Crippen molar-refractivity contribution in [3.05, 3.63) is 45.1 Å². The fourth-order valence-electron chi connectivity index (χ4n) is 3.17. The number of rotatable bonds is 3. The van der Waals surface area contributed by atoms with Crippen LogP contribution >= 0.6 is 0 Å². The quantitative estimate of drug-likeness (QED) is 0.500. The molecule has 4 rings (SSSR count). The molecule has 1 aliphatic rings. The number of hydrogen-bond donors (Lipinski definition) is 3. The van der Waals surface area contributed by atoms with E-state index in [0.29, 0.717) is 11.0 Å². The molecule has 0 saturated carbocycles. The molecule has 3 heterocycles. The molecule has 2 aromatic heterocycles. The Morgan fingerprint density at radius 3 is 2.62 bits per heavy atom. The van der Waals surface area contributed by atoms with Gasteiger partial charge in [-0.05, 0) is 12.1 Å². The highest BCUT2D eigenvalue weighted by Gasteiger charge is 2.46. The predicted octanol–water partition coefficient (Wildman–Crippen LogP) is -1.10. The molecule has 1 aliphatic heterocycles. The van der Waals surface area contributed by atoms with Crippen molar-refractivity contribution in [3.8, 4) is 0 Å². The van der Waals surface area contributed by atoms with Gasteiger partial charge in [0, 0.05) is 7.11 Å². The van der Waals surface area contributed by atoms with Crippen molar-refractivity contribution in [1.82, 2.24) is 19.5 Å². The van der Waals surface area contributed by atoms with E-state index < -0.39 is 42.4 Å². The highest BCUT2D eigenvalue weighted by atomic mass is 16.6. The standard InChI is InChI=1S/C16H16N4O6/c1-25-12-11(22)9(6-21)26-15(12)20-14(23)10-13(19-16(20)24)18-8-5-3-2-4-7(8)17-10/h2-5,9,11-12,15,21-22H,6H2,1H3,(H,18,19,24)/t9-,11-,12?,15-/m1/s1. The third-order valence-electron chi connectivity index (χ3n) is 4.46. The Kier molecular flexibility index (Phi) is 4.04. The third-order valence-corrected chi connectivity index (χ3v) is 4.46. The van der Waals surface area contributed by atoms with Gasteiger partial charge in [0.05, 0.1) is 17.6 Å². The second-order valence-electron chi connectivity index (χ2n) is 5.95. The fourth-order valence-corrected chi connectivity index (χ4v) is 3.17. The van der Waals surface area contributed by atoms with Gasteiger partial charge in [-0.15, -0.1) is 0 Å². The number of ether oxygens (including phenoxy) is 2. The van der Waals surface area contributed by atoms with E-state index in [2.05, 4.69) is 15.0 Å². The fraction of sp³-hybridized carbons (Fsp3) is 0.375. The van der Waals surface area contributed by atoms with Crippen molar-refractivity contribution >= 4 is 22.2 Å². The predicted molar refractivity (Wildman–Crippen MR) is 89.7 cm³/mol. The van der Waals surface area contributed by atoms with Gasteiger partial charge in [-0.2, -0.15) is 0 Å². The molecule has 1 saturated heterocycles. The van der Waals surface area contributed by atoms with Crippen molar-refractivity contribution in [2.45, 2.75) is 24.5 Å². The van der Waals surface area contributed by atoms with Gasteiger partial charge in [0.1, 0.15) is 18.3 Å². The van der Waals surface area contributed by atoms with E-state index in [1.54, 1.807) is 24.3 Å². The first-order valence-electron chi connectivity index (χ1n) is 7.93. The molecule has 0 radical (unpaired) electrons. The Hall–Kier alpha value is -2.66. The monoisotopic (exact) mass is 360 g/mol. The van der Waals surface area contributed by atoms with Crippen molar-refractivity contribution in [2.75, 3.05) is 13.7 Å². The van der Waals surface area contributed by atoms with Crippen LogP contribution in [0.4, 0.5) is 0 Å². The first kappa shape index (κ1) is 16.8. The number of aliphatic hydroxyl groups excluding tert-OH is 2. The number of aromatic nitrogens is 4. The molecule has 0 bridgehead atoms. The summed E-state index contributed by atoms with van der Waals surface area (Å²) < 4.78 is 11.5. The van der Waals surface area contributed by atoms with Gasteiger partial charge in [-0.1, -0.05) is 12.1 Å². The van der Waals surface area contributed by atoms with Crippen LogP contribution in [0.2, 0.25) is 0 Å². The zero-order valence-electron chi connectivity index (χ0n) is 13.7. The normalized spacial score (nSPS) is 26.0. The number of fused-ring (bicyclic) bond motifs is 2. The maximum absolute atomic E-state index is 12.9. The maximum Gasteiger partial charge on any atom is 0.332 e. The lowest BCUT2D eigenvalue weighted by atomic mass is 10.1. The zero-order valence-corrected chi connectivity index (χ0v) is 13.7. The van der Waals surface area contributed by atoms with Crippen LogP contribution in [0.3, 0.4) is 0 Å². The highest BCUT2D eigenvalue weighted by Crippen LogP contribution is 2.29. The summed E-state index contributed by atoms with van der Waals surface area (Å²) in [6, 6.07) is 6.95. The lowest BCUT2D eigenvalue weighted by Crippen LogP contribution is -2.43. The molecule has 0 aliphatic carbocycles. The summed E-state index contributed by atoms with van der Waals surface area (Å²) in [4.78, 5) is 36.5. The van der Waals surface area contributed by atoms with Crippen LogP contribution < -0.4 is 11.2 Å². The van der Waals surface area contributed by atoms with E-state index in [0.717, 1.165) is 4.57 Å². The average Bonchev–Trinajstić information content (AvgIpc) is 2.95. The minimum atomic E-state index is -1.21. The van der Waals surface area contributed by atoms with Crippen LogP contribution in [-0.4, -0.2) is 61.8 Å². The molecule has 3 aromatic rings. The largest absolute Gasteiger partial charge is 0.394 e. The van der Waals surface area contributed by atoms with E-state index in [-0.39, 0.29) is 11.2 Å². The zero-order chi connectivity index (χ0) is 18.4. The Bertz CT molecular complexity index is 1090. The van der Waals surface area contributed by atoms with E-state index >= 15 is 0 Å². The Morgan fingerprint density at radius 1 is 1.27 bits per heavy atom. The van der Waals surface area contributed by atoms with Gasteiger partial charge < -0.3 is 19.7 Å². The average molecular weight is 360 g/mol. The summed E-state index contributed by atoms with van der Waals surface area (Å²) in [6.45, 7) is -0.484. The lowest BCUT2D eigenvalue weighted by molar-refractivity contribution is -0.0638. The number of methoxy groups -OCH3 is 1. The van der Waals surface area contributed by atoms with Crippen LogP contribution in [-0.2, 0) is 9.47 Å². The lowest BCUT2D eigenvalue weighted by Gasteiger charge is -2.19. The molecule has 26 heavy (non-hydrogen) atoms. The van der Waals surface area contributed by atoms with Crippen LogP contribution in [0.5, 0.6) is 0 Å². The smallest absolute Gasteiger partial charge is 0.332 e. The van der Waals surface area contributed by atoms with E-state index in [9.17, 15) is 19.8 Å². The first-order valence-corrected chi connectivity index (χ1v) is 7.93. The third kappa shape index (κ3) is 2.42. The Labute approximate surface area is 145 Å². The number of hydrogen-bond acceptors (Lipinski definition) is 8. The minimum Gasteiger partial charge on any atom is -0.394 e. The van der Waals surface area contributed by atoms with Gasteiger partial charge in [0.25, 0.3) is 5.56 Å². The molecule has 10 heteroatoms. The van der Waals surface area contributed by atoms with Gasteiger partial charge in [-0.3, -0.25) is 9.78 Å². The number of aliphatic hydroxyl groups is 2. The molecule has 3 N–H and O–H groups in total. The minimum absolute atomic E-state index is 0.0382. The molecule has 1 fully saturated rings. The summed E-state index contributed by atoms with van der Waals surface area (Å²) >= 11 is 0. The number of aromatic amines is 1. The van der Waals surface area contributed by atoms with Crippen molar-refractivity contribution in [1.29, 1.82) is 0 Å². The number of nitrogens with zero attached hydrogens (tertiary/aromatic N) is 3. The molecule has 0 spiro atoms. The maximum atomic E-state index is 12.9. The number of benzene rings is 1. The second kappa shape index (κ2) is 6.25. The molecular weight excluding hydrogens is 344 g/mol. The van der Waals surface area contributed by atoms with E-state index in [1.807, 2.05) is 0 Å². The Morgan fingerprint density at radius 2 is 1.96 bits per heavy atom. The molecule has 4 atom stereocenters. The number of nitrogens with one attached hydrogen (secondary N) is 1. The first-order chi connectivity index (χ1) is 12.5. The summed E-state index contributed by atoms with van der Waals surface area (Å²) in [6.07, 6.45) is -4.38. The van der Waals surface area contributed by atoms with Crippen molar-refractivity contribution in [2.24, 2.45) is 0 Å². The topological polar surface area (TPSA) is 140 Å². The molecule has 136 valence electrons. The SMILES string of the molecule is COC1[C@H](n2c(=O)[nH]c3nc4ccccc4nc3c2=O)O[C@H](CO)[C@H]1O. The van der Waals surface area contributed by atoms with Gasteiger partial charge in [0.15, 0.2) is 17.4 Å². The van der Waals surface area contributed by atoms with Crippen LogP contribution in [0.25, 0.3) is 22.2 Å². The van der Waals surface area contributed by atoms with Crippen molar-refractivity contribution < 1.29 is 19.7 Å². The summed E-state index contributed by atoms with van der Waals surface area (Å²) in [7, 11) is 1.32. The van der Waals surface area contributed by atoms with E-state index in [4.69, 9.17) is 9.47 Å². The number of H-pyrrole nitrogens is 1.